The largest absolute Gasteiger partial charge is 0.407 e. The maximum Gasteiger partial charge on any atom is 0.407 e. The fourth-order valence-corrected chi connectivity index (χ4v) is 1.65. The summed E-state index contributed by atoms with van der Waals surface area (Å²) < 4.78 is 1.44. The van der Waals surface area contributed by atoms with Crippen LogP contribution in [0.15, 0.2) is 6.20 Å². The third-order valence-electron chi connectivity index (χ3n) is 1.70. The summed E-state index contributed by atoms with van der Waals surface area (Å²) in [4.78, 5) is 9.86. The van der Waals surface area contributed by atoms with Crippen LogP contribution in [0, 0.1) is 21.4 Å². The third kappa shape index (κ3) is 2.95. The minimum atomic E-state index is -0.637. The van der Waals surface area contributed by atoms with E-state index in [-0.39, 0.29) is 11.4 Å². The molecule has 80 valence electrons. The fourth-order valence-electron chi connectivity index (χ4n) is 1.04. The predicted octanol–water partition coefficient (Wildman–Crippen LogP) is 1.42. The highest BCUT2D eigenvalue weighted by molar-refractivity contribution is 7.99. The summed E-state index contributed by atoms with van der Waals surface area (Å²) in [7, 11) is 0. The van der Waals surface area contributed by atoms with Crippen molar-refractivity contribution in [2.24, 2.45) is 0 Å². The first-order valence-corrected chi connectivity index (χ1v) is 5.54. The van der Waals surface area contributed by atoms with Crippen molar-refractivity contribution in [2.45, 2.75) is 13.5 Å². The molecule has 7 heteroatoms. The molecule has 1 heterocycles. The standard InChI is InChI=1S/C8H10N4O2S/c1-2-15-4-3-11-6-7(5-9)8(10-11)12(13)14/h6H,2-4H2,1H3. The molecule has 0 radical (unpaired) electrons. The average Bonchev–Trinajstić information content (AvgIpc) is 2.62. The summed E-state index contributed by atoms with van der Waals surface area (Å²) in [5, 5.41) is 22.9. The number of hydrogen-bond donors (Lipinski definition) is 0. The highest BCUT2D eigenvalue weighted by atomic mass is 32.2. The van der Waals surface area contributed by atoms with Gasteiger partial charge in [0.15, 0.2) is 5.56 Å². The first-order chi connectivity index (χ1) is 7.19. The van der Waals surface area contributed by atoms with Gasteiger partial charge in [0.05, 0.1) is 17.8 Å². The van der Waals surface area contributed by atoms with Gasteiger partial charge in [0.25, 0.3) is 0 Å². The van der Waals surface area contributed by atoms with Crippen molar-refractivity contribution >= 4 is 17.6 Å². The number of aromatic nitrogens is 2. The molecule has 0 spiro atoms. The van der Waals surface area contributed by atoms with Crippen LogP contribution in [-0.2, 0) is 6.54 Å². The van der Waals surface area contributed by atoms with Crippen LogP contribution in [0.2, 0.25) is 0 Å². The van der Waals surface area contributed by atoms with Crippen molar-refractivity contribution in [1.82, 2.24) is 9.78 Å². The quantitative estimate of drug-likeness (QED) is 0.430. The Hall–Kier alpha value is -1.55. The van der Waals surface area contributed by atoms with E-state index in [1.165, 1.54) is 10.9 Å². The first kappa shape index (κ1) is 11.5. The van der Waals surface area contributed by atoms with Gasteiger partial charge in [-0.15, -0.1) is 0 Å². The van der Waals surface area contributed by atoms with E-state index in [2.05, 4.69) is 5.10 Å². The van der Waals surface area contributed by atoms with E-state index in [9.17, 15) is 10.1 Å². The second-order valence-electron chi connectivity index (χ2n) is 2.70. The lowest BCUT2D eigenvalue weighted by molar-refractivity contribution is -0.390. The molecule has 0 atom stereocenters. The molecule has 6 nitrogen and oxygen atoms in total. The Balaban J connectivity index is 2.75. The van der Waals surface area contributed by atoms with Crippen LogP contribution >= 0.6 is 11.8 Å². The molecule has 0 saturated heterocycles. The average molecular weight is 226 g/mol. The lowest BCUT2D eigenvalue weighted by Gasteiger charge is -1.94. The van der Waals surface area contributed by atoms with Gasteiger partial charge in [-0.05, 0) is 10.7 Å². The Labute approximate surface area is 91.0 Å². The molecular weight excluding hydrogens is 216 g/mol. The van der Waals surface area contributed by atoms with Crippen molar-refractivity contribution in [2.75, 3.05) is 11.5 Å². The van der Waals surface area contributed by atoms with Gasteiger partial charge in [0.1, 0.15) is 6.07 Å². The molecular formula is C8H10N4O2S. The smallest absolute Gasteiger partial charge is 0.358 e. The molecule has 0 unspecified atom stereocenters. The molecule has 15 heavy (non-hydrogen) atoms. The van der Waals surface area contributed by atoms with E-state index < -0.39 is 4.92 Å². The van der Waals surface area contributed by atoms with Gasteiger partial charge in [-0.2, -0.15) is 21.7 Å². The molecule has 0 bridgehead atoms. The number of rotatable bonds is 5. The zero-order chi connectivity index (χ0) is 11.3. The predicted molar refractivity (Wildman–Crippen MR) is 56.6 cm³/mol. The van der Waals surface area contributed by atoms with Gasteiger partial charge in [0, 0.05) is 5.75 Å². The normalized spacial score (nSPS) is 9.87. The second-order valence-corrected chi connectivity index (χ2v) is 4.09. The highest BCUT2D eigenvalue weighted by Gasteiger charge is 2.19. The summed E-state index contributed by atoms with van der Waals surface area (Å²) in [6.45, 7) is 2.62. The minimum Gasteiger partial charge on any atom is -0.358 e. The minimum absolute atomic E-state index is 0.0153. The molecule has 0 saturated carbocycles. The van der Waals surface area contributed by atoms with Crippen molar-refractivity contribution in [3.05, 3.63) is 21.9 Å². The Kier molecular flexibility index (Phi) is 4.12. The third-order valence-corrected chi connectivity index (χ3v) is 2.58. The summed E-state index contributed by atoms with van der Waals surface area (Å²) in [5.41, 5.74) is 0.0153. The molecule has 0 aliphatic rings. The van der Waals surface area contributed by atoms with Crippen LogP contribution in [0.5, 0.6) is 0 Å². The van der Waals surface area contributed by atoms with E-state index >= 15 is 0 Å². The second kappa shape index (κ2) is 5.36. The summed E-state index contributed by atoms with van der Waals surface area (Å²) in [6, 6.07) is 1.76. The van der Waals surface area contributed by atoms with Gasteiger partial charge in [0.2, 0.25) is 0 Å². The molecule has 0 aliphatic heterocycles. The zero-order valence-corrected chi connectivity index (χ0v) is 9.03. The van der Waals surface area contributed by atoms with Crippen molar-refractivity contribution in [1.29, 1.82) is 5.26 Å². The van der Waals surface area contributed by atoms with Gasteiger partial charge in [-0.1, -0.05) is 6.92 Å². The molecule has 0 amide bonds. The number of nitro groups is 1. The van der Waals surface area contributed by atoms with Gasteiger partial charge >= 0.3 is 5.82 Å². The van der Waals surface area contributed by atoms with Gasteiger partial charge < -0.3 is 10.1 Å². The van der Waals surface area contributed by atoms with E-state index in [0.29, 0.717) is 6.54 Å². The summed E-state index contributed by atoms with van der Waals surface area (Å²) in [5.74, 6) is 1.47. The number of hydrogen-bond acceptors (Lipinski definition) is 5. The molecule has 0 aliphatic carbocycles. The molecule has 1 aromatic heterocycles. The van der Waals surface area contributed by atoms with Crippen LogP contribution < -0.4 is 0 Å². The van der Waals surface area contributed by atoms with Crippen molar-refractivity contribution in [3.63, 3.8) is 0 Å². The van der Waals surface area contributed by atoms with Crippen LogP contribution in [0.25, 0.3) is 0 Å². The van der Waals surface area contributed by atoms with Crippen LogP contribution in [0.4, 0.5) is 5.82 Å². The van der Waals surface area contributed by atoms with Gasteiger partial charge in [-0.25, -0.2) is 0 Å². The monoisotopic (exact) mass is 226 g/mol. The summed E-state index contributed by atoms with van der Waals surface area (Å²) in [6.07, 6.45) is 1.41. The lowest BCUT2D eigenvalue weighted by atomic mass is 10.4. The van der Waals surface area contributed by atoms with E-state index in [1.807, 2.05) is 6.92 Å². The first-order valence-electron chi connectivity index (χ1n) is 4.38. The lowest BCUT2D eigenvalue weighted by Crippen LogP contribution is -2.01. The molecule has 0 aromatic carbocycles. The van der Waals surface area contributed by atoms with E-state index in [0.717, 1.165) is 11.5 Å². The molecule has 1 rings (SSSR count). The SMILES string of the molecule is CCSCCn1cc(C#N)c([N+](=O)[O-])n1. The fraction of sp³-hybridized carbons (Fsp3) is 0.500. The topological polar surface area (TPSA) is 84.8 Å². The zero-order valence-electron chi connectivity index (χ0n) is 8.21. The Morgan fingerprint density at radius 1 is 1.80 bits per heavy atom. The Bertz CT molecular complexity index is 396. The number of thioether (sulfide) groups is 1. The molecule has 0 fully saturated rings. The maximum atomic E-state index is 10.5. The van der Waals surface area contributed by atoms with Crippen molar-refractivity contribution in [3.8, 4) is 6.07 Å². The van der Waals surface area contributed by atoms with Crippen LogP contribution in [0.1, 0.15) is 12.5 Å². The number of aryl methyl sites for hydroxylation is 1. The number of nitriles is 1. The molecule has 1 aromatic rings. The highest BCUT2D eigenvalue weighted by Crippen LogP contribution is 2.14. The van der Waals surface area contributed by atoms with E-state index in [1.54, 1.807) is 17.8 Å². The molecule has 0 N–H and O–H groups in total. The van der Waals surface area contributed by atoms with Gasteiger partial charge in [-0.3, -0.25) is 0 Å². The Morgan fingerprint density at radius 3 is 3.00 bits per heavy atom. The van der Waals surface area contributed by atoms with Crippen LogP contribution in [-0.4, -0.2) is 26.2 Å². The van der Waals surface area contributed by atoms with Crippen molar-refractivity contribution < 1.29 is 4.92 Å². The number of nitrogens with zero attached hydrogens (tertiary/aromatic N) is 4. The van der Waals surface area contributed by atoms with Crippen LogP contribution in [0.3, 0.4) is 0 Å². The Morgan fingerprint density at radius 2 is 2.53 bits per heavy atom. The summed E-state index contributed by atoms with van der Waals surface area (Å²) >= 11 is 1.72. The maximum absolute atomic E-state index is 10.5. The van der Waals surface area contributed by atoms with E-state index in [4.69, 9.17) is 5.26 Å².